The van der Waals surface area contributed by atoms with Gasteiger partial charge >= 0.3 is 0 Å². The number of nitrogens with one attached hydrogen (secondary N) is 2. The van der Waals surface area contributed by atoms with Crippen molar-refractivity contribution in [3.63, 3.8) is 0 Å². The Morgan fingerprint density at radius 3 is 2.83 bits per heavy atom. The number of aromatic nitrogens is 1. The van der Waals surface area contributed by atoms with E-state index in [9.17, 15) is 0 Å². The van der Waals surface area contributed by atoms with Crippen molar-refractivity contribution in [1.82, 2.24) is 15.4 Å². The molecule has 2 unspecified atom stereocenters. The molecule has 1 aliphatic rings. The minimum absolute atomic E-state index is 0.352. The van der Waals surface area contributed by atoms with Gasteiger partial charge in [0, 0.05) is 36.2 Å². The Morgan fingerprint density at radius 2 is 2.11 bits per heavy atom. The highest BCUT2D eigenvalue weighted by Crippen LogP contribution is 2.33. The minimum Gasteiger partial charge on any atom is -0.348 e. The van der Waals surface area contributed by atoms with E-state index < -0.39 is 0 Å². The maximum absolute atomic E-state index is 5.72. The van der Waals surface area contributed by atoms with Crippen LogP contribution in [0, 0.1) is 6.92 Å². The van der Waals surface area contributed by atoms with Crippen molar-refractivity contribution in [2.45, 2.75) is 25.4 Å². The second kappa shape index (κ2) is 4.39. The Morgan fingerprint density at radius 1 is 1.33 bits per heavy atom. The highest BCUT2D eigenvalue weighted by molar-refractivity contribution is 5.86. The second-order valence-electron chi connectivity index (χ2n) is 5.08. The summed E-state index contributed by atoms with van der Waals surface area (Å²) in [6, 6.07) is 9.30. The van der Waals surface area contributed by atoms with E-state index >= 15 is 0 Å². The van der Waals surface area contributed by atoms with Crippen LogP contribution in [-0.2, 0) is 7.05 Å². The summed E-state index contributed by atoms with van der Waals surface area (Å²) in [6.07, 6.45) is 1.05. The van der Waals surface area contributed by atoms with E-state index in [0.717, 1.165) is 6.42 Å². The Balaban J connectivity index is 2.09. The van der Waals surface area contributed by atoms with E-state index in [0.29, 0.717) is 18.6 Å². The molecule has 2 heterocycles. The molecule has 0 bridgehead atoms. The highest BCUT2D eigenvalue weighted by atomic mass is 15.4. The third-order valence-corrected chi connectivity index (χ3v) is 4.06. The number of hydrazine groups is 1. The number of aryl methyl sites for hydroxylation is 1. The lowest BCUT2D eigenvalue weighted by molar-refractivity contribution is 0.546. The van der Waals surface area contributed by atoms with Gasteiger partial charge in [0.1, 0.15) is 0 Å². The van der Waals surface area contributed by atoms with Gasteiger partial charge in [0.2, 0.25) is 0 Å². The van der Waals surface area contributed by atoms with Crippen molar-refractivity contribution in [1.29, 1.82) is 0 Å². The zero-order valence-corrected chi connectivity index (χ0v) is 10.9. The van der Waals surface area contributed by atoms with E-state index in [1.165, 1.54) is 22.2 Å². The van der Waals surface area contributed by atoms with Crippen LogP contribution in [0.15, 0.2) is 24.3 Å². The molecule has 2 atom stereocenters. The van der Waals surface area contributed by atoms with E-state index in [2.05, 4.69) is 53.7 Å². The van der Waals surface area contributed by atoms with Crippen molar-refractivity contribution >= 4 is 10.9 Å². The molecule has 96 valence electrons. The Bertz CT molecular complexity index is 572. The van der Waals surface area contributed by atoms with Crippen molar-refractivity contribution in [2.75, 3.05) is 6.54 Å². The summed E-state index contributed by atoms with van der Waals surface area (Å²) in [5, 5.41) is 1.34. The third kappa shape index (κ3) is 1.65. The molecular weight excluding hydrogens is 224 g/mol. The molecule has 0 spiro atoms. The summed E-state index contributed by atoms with van der Waals surface area (Å²) < 4.78 is 2.27. The van der Waals surface area contributed by atoms with Crippen LogP contribution in [0.5, 0.6) is 0 Å². The first-order chi connectivity index (χ1) is 8.72. The number of nitrogens with zero attached hydrogens (tertiary/aromatic N) is 1. The quantitative estimate of drug-likeness (QED) is 0.747. The van der Waals surface area contributed by atoms with Crippen LogP contribution in [0.1, 0.15) is 23.7 Å². The first-order valence-electron chi connectivity index (χ1n) is 6.47. The van der Waals surface area contributed by atoms with Gasteiger partial charge in [-0.3, -0.25) is 5.43 Å². The molecule has 1 fully saturated rings. The van der Waals surface area contributed by atoms with E-state index in [4.69, 9.17) is 5.73 Å². The maximum Gasteiger partial charge on any atom is 0.0502 e. The fourth-order valence-corrected chi connectivity index (χ4v) is 2.96. The minimum atomic E-state index is 0.352. The number of rotatable bonds is 2. The second-order valence-corrected chi connectivity index (χ2v) is 5.08. The van der Waals surface area contributed by atoms with Crippen LogP contribution in [-0.4, -0.2) is 17.2 Å². The molecule has 1 aliphatic heterocycles. The summed E-state index contributed by atoms with van der Waals surface area (Å²) in [6.45, 7) is 2.86. The van der Waals surface area contributed by atoms with Gasteiger partial charge in [-0.05, 0) is 25.0 Å². The highest BCUT2D eigenvalue weighted by Gasteiger charge is 2.28. The number of nitrogens with two attached hydrogens (primary N) is 1. The lowest BCUT2D eigenvalue weighted by atomic mass is 9.99. The van der Waals surface area contributed by atoms with Gasteiger partial charge in [-0.2, -0.15) is 0 Å². The van der Waals surface area contributed by atoms with E-state index in [1.54, 1.807) is 0 Å². The predicted molar refractivity (Wildman–Crippen MR) is 74.1 cm³/mol. The normalized spacial score (nSPS) is 23.9. The van der Waals surface area contributed by atoms with Gasteiger partial charge < -0.3 is 10.3 Å². The van der Waals surface area contributed by atoms with Crippen LogP contribution < -0.4 is 16.6 Å². The molecule has 4 heteroatoms. The molecule has 4 N–H and O–H groups in total. The summed E-state index contributed by atoms with van der Waals surface area (Å²) in [4.78, 5) is 0. The summed E-state index contributed by atoms with van der Waals surface area (Å²) in [5.74, 6) is 0. The first-order valence-corrected chi connectivity index (χ1v) is 6.47. The standard InChI is InChI=1S/C14H20N4/c1-9-14(12-7-10(8-15)16-17-12)11-5-3-4-6-13(11)18(9)2/h3-6,10,12,16-17H,7-8,15H2,1-2H3. The van der Waals surface area contributed by atoms with Crippen molar-refractivity contribution in [3.05, 3.63) is 35.5 Å². The lowest BCUT2D eigenvalue weighted by Crippen LogP contribution is -2.35. The van der Waals surface area contributed by atoms with Gasteiger partial charge in [-0.1, -0.05) is 18.2 Å². The van der Waals surface area contributed by atoms with Crippen LogP contribution in [0.4, 0.5) is 0 Å². The summed E-state index contributed by atoms with van der Waals surface area (Å²) in [5.41, 5.74) is 16.4. The average Bonchev–Trinajstić information content (AvgIpc) is 2.95. The van der Waals surface area contributed by atoms with Gasteiger partial charge in [-0.15, -0.1) is 0 Å². The monoisotopic (exact) mass is 244 g/mol. The Hall–Kier alpha value is -1.36. The molecule has 3 rings (SSSR count). The number of hydrogen-bond donors (Lipinski definition) is 3. The van der Waals surface area contributed by atoms with Crippen LogP contribution >= 0.6 is 0 Å². The molecular formula is C14H20N4. The van der Waals surface area contributed by atoms with Crippen molar-refractivity contribution in [3.8, 4) is 0 Å². The molecule has 0 amide bonds. The van der Waals surface area contributed by atoms with E-state index in [1.807, 2.05) is 0 Å². The largest absolute Gasteiger partial charge is 0.348 e. The molecule has 4 nitrogen and oxygen atoms in total. The zero-order valence-electron chi connectivity index (χ0n) is 10.9. The average molecular weight is 244 g/mol. The van der Waals surface area contributed by atoms with Crippen molar-refractivity contribution in [2.24, 2.45) is 12.8 Å². The van der Waals surface area contributed by atoms with Gasteiger partial charge in [0.25, 0.3) is 0 Å². The fraction of sp³-hybridized carbons (Fsp3) is 0.429. The first kappa shape index (κ1) is 11.7. The smallest absolute Gasteiger partial charge is 0.0502 e. The molecule has 0 saturated carbocycles. The fourth-order valence-electron chi connectivity index (χ4n) is 2.96. The summed E-state index contributed by atoms with van der Waals surface area (Å²) in [7, 11) is 2.13. The van der Waals surface area contributed by atoms with E-state index in [-0.39, 0.29) is 0 Å². The van der Waals surface area contributed by atoms with Crippen LogP contribution in [0.3, 0.4) is 0 Å². The Labute approximate surface area is 107 Å². The van der Waals surface area contributed by atoms with Gasteiger partial charge in [0.15, 0.2) is 0 Å². The molecule has 2 aromatic rings. The molecule has 0 radical (unpaired) electrons. The van der Waals surface area contributed by atoms with Crippen LogP contribution in [0.25, 0.3) is 10.9 Å². The zero-order chi connectivity index (χ0) is 12.7. The third-order valence-electron chi connectivity index (χ3n) is 4.06. The Kier molecular flexibility index (Phi) is 2.86. The van der Waals surface area contributed by atoms with Crippen LogP contribution in [0.2, 0.25) is 0 Å². The predicted octanol–water partition coefficient (Wildman–Crippen LogP) is 1.35. The molecule has 1 saturated heterocycles. The molecule has 0 aliphatic carbocycles. The number of para-hydroxylation sites is 1. The lowest BCUT2D eigenvalue weighted by Gasteiger charge is -2.10. The summed E-state index contributed by atoms with van der Waals surface area (Å²) >= 11 is 0. The number of benzene rings is 1. The molecule has 1 aromatic carbocycles. The number of hydrogen-bond acceptors (Lipinski definition) is 3. The SMILES string of the molecule is Cc1c(C2CC(CN)NN2)c2ccccc2n1C. The van der Waals surface area contributed by atoms with Crippen molar-refractivity contribution < 1.29 is 0 Å². The van der Waals surface area contributed by atoms with Gasteiger partial charge in [-0.25, -0.2) is 5.43 Å². The number of fused-ring (bicyclic) bond motifs is 1. The molecule has 1 aromatic heterocycles. The topological polar surface area (TPSA) is 55.0 Å². The maximum atomic E-state index is 5.72. The molecule has 18 heavy (non-hydrogen) atoms. The van der Waals surface area contributed by atoms with Gasteiger partial charge in [0.05, 0.1) is 6.04 Å².